The van der Waals surface area contributed by atoms with Crippen molar-refractivity contribution in [3.63, 3.8) is 0 Å². The van der Waals surface area contributed by atoms with Crippen molar-refractivity contribution in [3.8, 4) is 0 Å². The number of hydrogen-bond donors (Lipinski definition) is 0. The normalized spacial score (nSPS) is 12.6. The summed E-state index contributed by atoms with van der Waals surface area (Å²) in [5.74, 6) is -0.402. The van der Waals surface area contributed by atoms with Crippen molar-refractivity contribution in [2.24, 2.45) is 4.99 Å². The lowest BCUT2D eigenvalue weighted by Crippen LogP contribution is -2.32. The lowest BCUT2D eigenvalue weighted by molar-refractivity contribution is -0.112. The molecule has 0 saturated heterocycles. The van der Waals surface area contributed by atoms with Crippen LogP contribution in [0.2, 0.25) is 0 Å². The van der Waals surface area contributed by atoms with Crippen LogP contribution in [0.4, 0.5) is 15.9 Å². The first kappa shape index (κ1) is 13.4. The van der Waals surface area contributed by atoms with Crippen LogP contribution >= 0.6 is 0 Å². The molecule has 2 heterocycles. The Kier molecular flexibility index (Phi) is 3.48. The highest BCUT2D eigenvalue weighted by molar-refractivity contribution is 6.07. The van der Waals surface area contributed by atoms with Crippen LogP contribution in [-0.4, -0.2) is 17.4 Å². The minimum atomic E-state index is -0.384. The maximum atomic E-state index is 14.1. The van der Waals surface area contributed by atoms with Crippen molar-refractivity contribution in [1.82, 2.24) is 4.98 Å². The predicted molar refractivity (Wildman–Crippen MR) is 78.2 cm³/mol. The van der Waals surface area contributed by atoms with E-state index in [9.17, 15) is 9.18 Å². The average Bonchev–Trinajstić information content (AvgIpc) is 2.86. The minimum absolute atomic E-state index is 0.264. The van der Waals surface area contributed by atoms with Crippen molar-refractivity contribution in [2.75, 3.05) is 11.4 Å². The van der Waals surface area contributed by atoms with E-state index in [2.05, 4.69) is 9.98 Å². The van der Waals surface area contributed by atoms with Gasteiger partial charge in [-0.05, 0) is 30.7 Å². The van der Waals surface area contributed by atoms with Gasteiger partial charge >= 0.3 is 0 Å². The molecule has 21 heavy (non-hydrogen) atoms. The Morgan fingerprint density at radius 2 is 2.10 bits per heavy atom. The van der Waals surface area contributed by atoms with Gasteiger partial charge in [-0.2, -0.15) is 0 Å². The fourth-order valence-electron chi connectivity index (χ4n) is 2.44. The zero-order chi connectivity index (χ0) is 14.8. The highest BCUT2D eigenvalue weighted by atomic mass is 19.1. The summed E-state index contributed by atoms with van der Waals surface area (Å²) in [5, 5.41) is 1.34. The van der Waals surface area contributed by atoms with Gasteiger partial charge in [-0.1, -0.05) is 13.0 Å². The summed E-state index contributed by atoms with van der Waals surface area (Å²) in [4.78, 5) is 21.4. The largest absolute Gasteiger partial charge is 0.323 e. The smallest absolute Gasteiger partial charge is 0.271 e. The van der Waals surface area contributed by atoms with Crippen molar-refractivity contribution in [1.29, 1.82) is 0 Å². The van der Waals surface area contributed by atoms with Crippen LogP contribution < -0.4 is 15.5 Å². The third-order valence-corrected chi connectivity index (χ3v) is 3.29. The number of rotatable bonds is 4. The Balaban J connectivity index is 2.20. The van der Waals surface area contributed by atoms with Crippen molar-refractivity contribution in [2.45, 2.75) is 13.3 Å². The molecule has 2 aromatic rings. The monoisotopic (exact) mass is 283 g/mol. The van der Waals surface area contributed by atoms with Gasteiger partial charge in [0.1, 0.15) is 0 Å². The molecule has 1 amide bonds. The number of hydrogen-bond acceptors (Lipinski definition) is 3. The minimum Gasteiger partial charge on any atom is -0.323 e. The van der Waals surface area contributed by atoms with Gasteiger partial charge in [0.25, 0.3) is 5.91 Å². The number of anilines is 2. The molecule has 0 aliphatic carbocycles. The molecule has 0 fully saturated rings. The summed E-state index contributed by atoms with van der Waals surface area (Å²) in [6, 6.07) is 8.39. The predicted octanol–water partition coefficient (Wildman–Crippen LogP) is 1.71. The lowest BCUT2D eigenvalue weighted by Gasteiger charge is -2.23. The SMILES string of the molecule is CCCN(c1ncccc1F)c1cccc2c1=CC(=O)N=2. The van der Waals surface area contributed by atoms with Crippen LogP contribution in [0.25, 0.3) is 6.08 Å². The molecule has 1 aromatic carbocycles. The van der Waals surface area contributed by atoms with E-state index in [4.69, 9.17) is 0 Å². The molecule has 1 aliphatic rings. The molecule has 3 rings (SSSR count). The zero-order valence-corrected chi connectivity index (χ0v) is 11.6. The molecule has 1 aliphatic heterocycles. The van der Waals surface area contributed by atoms with E-state index in [-0.39, 0.29) is 17.5 Å². The van der Waals surface area contributed by atoms with Crippen LogP contribution in [-0.2, 0) is 4.79 Å². The van der Waals surface area contributed by atoms with E-state index in [0.29, 0.717) is 11.9 Å². The number of nitrogens with zero attached hydrogens (tertiary/aromatic N) is 3. The quantitative estimate of drug-likeness (QED) is 0.858. The number of pyridine rings is 1. The van der Waals surface area contributed by atoms with Gasteiger partial charge in [0, 0.05) is 24.0 Å². The Morgan fingerprint density at radius 1 is 1.24 bits per heavy atom. The molecule has 0 atom stereocenters. The maximum Gasteiger partial charge on any atom is 0.271 e. The van der Waals surface area contributed by atoms with Crippen LogP contribution in [0.15, 0.2) is 41.5 Å². The van der Waals surface area contributed by atoms with E-state index in [1.165, 1.54) is 12.1 Å². The molecular weight excluding hydrogens is 269 g/mol. The van der Waals surface area contributed by atoms with E-state index in [0.717, 1.165) is 17.3 Å². The molecule has 0 N–H and O–H groups in total. The molecule has 5 heteroatoms. The molecule has 0 saturated carbocycles. The first-order valence-corrected chi connectivity index (χ1v) is 6.82. The fraction of sp³-hybridized carbons (Fsp3) is 0.188. The van der Waals surface area contributed by atoms with E-state index in [1.807, 2.05) is 19.1 Å². The third kappa shape index (κ3) is 2.42. The van der Waals surface area contributed by atoms with Gasteiger partial charge in [-0.15, -0.1) is 0 Å². The van der Waals surface area contributed by atoms with Gasteiger partial charge < -0.3 is 4.90 Å². The number of fused-ring (bicyclic) bond motifs is 1. The van der Waals surface area contributed by atoms with Gasteiger partial charge in [-0.3, -0.25) is 4.79 Å². The lowest BCUT2D eigenvalue weighted by atomic mass is 10.2. The zero-order valence-electron chi connectivity index (χ0n) is 11.6. The Labute approximate surface area is 121 Å². The molecule has 0 bridgehead atoms. The van der Waals surface area contributed by atoms with Gasteiger partial charge in [0.2, 0.25) is 0 Å². The van der Waals surface area contributed by atoms with Crippen LogP contribution in [0.5, 0.6) is 0 Å². The first-order chi connectivity index (χ1) is 10.2. The van der Waals surface area contributed by atoms with E-state index in [1.54, 1.807) is 23.2 Å². The summed E-state index contributed by atoms with van der Waals surface area (Å²) < 4.78 is 14.1. The Bertz CT molecular complexity index is 817. The summed E-state index contributed by atoms with van der Waals surface area (Å²) in [7, 11) is 0. The Hall–Kier alpha value is -2.56. The average molecular weight is 283 g/mol. The molecule has 1 aromatic heterocycles. The number of halogens is 1. The standard InChI is InChI=1S/C16H14FN3O/c1-2-9-20(16-12(17)5-4-8-18-16)14-7-3-6-13-11(14)10-15(21)19-13/h3-8,10H,2,9H2,1H3. The van der Waals surface area contributed by atoms with E-state index >= 15 is 0 Å². The summed E-state index contributed by atoms with van der Waals surface area (Å²) in [6.07, 6.45) is 3.86. The highest BCUT2D eigenvalue weighted by Gasteiger charge is 2.17. The molecule has 0 unspecified atom stereocenters. The molecule has 106 valence electrons. The number of amides is 1. The first-order valence-electron chi connectivity index (χ1n) is 6.82. The van der Waals surface area contributed by atoms with Gasteiger partial charge in [-0.25, -0.2) is 14.4 Å². The van der Waals surface area contributed by atoms with Crippen LogP contribution in [0.3, 0.4) is 0 Å². The Morgan fingerprint density at radius 3 is 2.86 bits per heavy atom. The van der Waals surface area contributed by atoms with Crippen LogP contribution in [0.1, 0.15) is 13.3 Å². The van der Waals surface area contributed by atoms with Crippen molar-refractivity contribution < 1.29 is 9.18 Å². The maximum absolute atomic E-state index is 14.1. The number of benzene rings is 1. The van der Waals surface area contributed by atoms with Gasteiger partial charge in [0.15, 0.2) is 11.6 Å². The number of carbonyl (C=O) groups excluding carboxylic acids is 1. The second-order valence-electron chi connectivity index (χ2n) is 4.76. The third-order valence-electron chi connectivity index (χ3n) is 3.29. The fourth-order valence-corrected chi connectivity index (χ4v) is 2.44. The number of carbonyl (C=O) groups is 1. The summed E-state index contributed by atoms with van der Waals surface area (Å²) >= 11 is 0. The van der Waals surface area contributed by atoms with Crippen LogP contribution in [0, 0.1) is 5.82 Å². The summed E-state index contributed by atoms with van der Waals surface area (Å²) in [5.41, 5.74) is 0.751. The molecule has 0 spiro atoms. The second-order valence-corrected chi connectivity index (χ2v) is 4.76. The number of aromatic nitrogens is 1. The van der Waals surface area contributed by atoms with Crippen molar-refractivity contribution >= 4 is 23.5 Å². The molecular formula is C16H14FN3O. The van der Waals surface area contributed by atoms with Gasteiger partial charge in [0.05, 0.1) is 11.0 Å². The molecule has 0 radical (unpaired) electrons. The van der Waals surface area contributed by atoms with Crippen molar-refractivity contribution in [3.05, 3.63) is 52.9 Å². The highest BCUT2D eigenvalue weighted by Crippen LogP contribution is 2.23. The second kappa shape index (κ2) is 5.44. The summed E-state index contributed by atoms with van der Waals surface area (Å²) in [6.45, 7) is 2.61. The topological polar surface area (TPSA) is 45.6 Å². The molecule has 4 nitrogen and oxygen atoms in total. The van der Waals surface area contributed by atoms with E-state index < -0.39 is 0 Å².